The molecule has 0 N–H and O–H groups in total. The van der Waals surface area contributed by atoms with Crippen molar-refractivity contribution in [2.75, 3.05) is 45.9 Å². The number of ether oxygens (including phenoxy) is 1. The number of benzene rings is 1. The number of hydrogen-bond donors (Lipinski definition) is 0. The van der Waals surface area contributed by atoms with Crippen LogP contribution in [0.1, 0.15) is 43.0 Å². The van der Waals surface area contributed by atoms with Crippen molar-refractivity contribution < 1.29 is 22.7 Å². The fourth-order valence-electron chi connectivity index (χ4n) is 3.74. The maximum absolute atomic E-state index is 13.1. The Morgan fingerprint density at radius 3 is 2.17 bits per heavy atom. The zero-order chi connectivity index (χ0) is 21.7. The Morgan fingerprint density at radius 2 is 1.57 bits per heavy atom. The largest absolute Gasteiger partial charge is 0.450 e. The van der Waals surface area contributed by atoms with Crippen LogP contribution in [0.15, 0.2) is 23.1 Å². The monoisotopic (exact) mass is 457 g/mol. The number of halogens is 1. The Kier molecular flexibility index (Phi) is 7.60. The van der Waals surface area contributed by atoms with Crippen molar-refractivity contribution in [1.82, 2.24) is 14.1 Å². The van der Waals surface area contributed by atoms with Crippen molar-refractivity contribution in [3.05, 3.63) is 28.8 Å². The molecule has 0 atom stereocenters. The zero-order valence-corrected chi connectivity index (χ0v) is 18.8. The molecule has 0 bridgehead atoms. The Labute approximate surface area is 182 Å². The highest BCUT2D eigenvalue weighted by atomic mass is 35.5. The summed E-state index contributed by atoms with van der Waals surface area (Å²) in [5, 5.41) is 0.211. The second kappa shape index (κ2) is 9.98. The van der Waals surface area contributed by atoms with Crippen LogP contribution in [0.2, 0.25) is 5.02 Å². The van der Waals surface area contributed by atoms with Gasteiger partial charge < -0.3 is 14.5 Å². The first-order valence-electron chi connectivity index (χ1n) is 10.3. The van der Waals surface area contributed by atoms with Crippen molar-refractivity contribution in [2.24, 2.45) is 0 Å². The summed E-state index contributed by atoms with van der Waals surface area (Å²) in [6.45, 7) is 4.39. The summed E-state index contributed by atoms with van der Waals surface area (Å²) < 4.78 is 32.7. The molecule has 2 aliphatic rings. The normalized spacial score (nSPS) is 18.7. The van der Waals surface area contributed by atoms with Gasteiger partial charge in [0.2, 0.25) is 10.0 Å². The summed E-state index contributed by atoms with van der Waals surface area (Å²) in [6, 6.07) is 4.30. The highest BCUT2D eigenvalue weighted by molar-refractivity contribution is 7.89. The van der Waals surface area contributed by atoms with Crippen molar-refractivity contribution in [3.63, 3.8) is 0 Å². The van der Waals surface area contributed by atoms with Crippen molar-refractivity contribution in [2.45, 2.75) is 37.5 Å². The number of amides is 2. The third-order valence-corrected chi connectivity index (χ3v) is 7.69. The quantitative estimate of drug-likeness (QED) is 0.693. The Bertz CT molecular complexity index is 876. The molecule has 0 aromatic heterocycles. The Morgan fingerprint density at radius 1 is 0.967 bits per heavy atom. The molecular weight excluding hydrogens is 430 g/mol. The molecule has 2 saturated heterocycles. The van der Waals surface area contributed by atoms with E-state index in [-0.39, 0.29) is 21.4 Å². The summed E-state index contributed by atoms with van der Waals surface area (Å²) in [5.74, 6) is -0.337. The van der Waals surface area contributed by atoms with Gasteiger partial charge in [-0.3, -0.25) is 4.79 Å². The predicted molar refractivity (Wildman–Crippen MR) is 113 cm³/mol. The first-order chi connectivity index (χ1) is 14.3. The van der Waals surface area contributed by atoms with E-state index in [1.54, 1.807) is 16.7 Å². The minimum absolute atomic E-state index is 0.0855. The van der Waals surface area contributed by atoms with Crippen LogP contribution in [0.4, 0.5) is 4.79 Å². The van der Waals surface area contributed by atoms with Crippen LogP contribution in [0, 0.1) is 0 Å². The van der Waals surface area contributed by atoms with Crippen LogP contribution in [-0.2, 0) is 14.8 Å². The minimum Gasteiger partial charge on any atom is -0.450 e. The van der Waals surface area contributed by atoms with E-state index < -0.39 is 16.1 Å². The number of piperazine rings is 1. The summed E-state index contributed by atoms with van der Waals surface area (Å²) in [7, 11) is -3.68. The Balaban J connectivity index is 1.75. The number of carbonyl (C=O) groups is 2. The fraction of sp³-hybridized carbons (Fsp3) is 0.600. The van der Waals surface area contributed by atoms with Gasteiger partial charge in [0.25, 0.3) is 5.91 Å². The van der Waals surface area contributed by atoms with E-state index in [1.165, 1.54) is 22.5 Å². The topological polar surface area (TPSA) is 87.2 Å². The van der Waals surface area contributed by atoms with Crippen LogP contribution >= 0.6 is 11.6 Å². The van der Waals surface area contributed by atoms with Crippen molar-refractivity contribution in [1.29, 1.82) is 0 Å². The summed E-state index contributed by atoms with van der Waals surface area (Å²) in [6.07, 6.45) is 3.32. The number of carbonyl (C=O) groups excluding carboxylic acids is 2. The van der Waals surface area contributed by atoms with E-state index in [0.29, 0.717) is 45.9 Å². The van der Waals surface area contributed by atoms with Gasteiger partial charge in [-0.2, -0.15) is 4.31 Å². The molecule has 0 saturated carbocycles. The SMILES string of the molecule is CCOC(=O)N1CCN(C(=O)c2cc(S(=O)(=O)N3CCCCCC3)ccc2Cl)CC1. The Hall–Kier alpha value is -1.84. The molecular formula is C20H28ClN3O5S. The third-order valence-electron chi connectivity index (χ3n) is 5.46. The maximum atomic E-state index is 13.1. The van der Waals surface area contributed by atoms with E-state index in [9.17, 15) is 18.0 Å². The average Bonchev–Trinajstić information content (AvgIpc) is 3.04. The summed E-state index contributed by atoms with van der Waals surface area (Å²) in [4.78, 5) is 28.1. The lowest BCUT2D eigenvalue weighted by Gasteiger charge is -2.34. The van der Waals surface area contributed by atoms with Gasteiger partial charge >= 0.3 is 6.09 Å². The molecule has 2 aliphatic heterocycles. The van der Waals surface area contributed by atoms with E-state index in [2.05, 4.69) is 0 Å². The van der Waals surface area contributed by atoms with E-state index in [1.807, 2.05) is 0 Å². The van der Waals surface area contributed by atoms with Gasteiger partial charge in [0.05, 0.1) is 22.1 Å². The molecule has 166 valence electrons. The molecule has 2 amide bonds. The van der Waals surface area contributed by atoms with Gasteiger partial charge in [0.1, 0.15) is 0 Å². The fourth-order valence-corrected chi connectivity index (χ4v) is 5.48. The number of nitrogens with zero attached hydrogens (tertiary/aromatic N) is 3. The summed E-state index contributed by atoms with van der Waals surface area (Å²) in [5.41, 5.74) is 0.164. The maximum Gasteiger partial charge on any atom is 0.409 e. The lowest BCUT2D eigenvalue weighted by molar-refractivity contribution is 0.0570. The molecule has 10 heteroatoms. The highest BCUT2D eigenvalue weighted by Crippen LogP contribution is 2.26. The van der Waals surface area contributed by atoms with Crippen LogP contribution in [0.5, 0.6) is 0 Å². The molecule has 3 rings (SSSR count). The van der Waals surface area contributed by atoms with E-state index >= 15 is 0 Å². The molecule has 30 heavy (non-hydrogen) atoms. The summed E-state index contributed by atoms with van der Waals surface area (Å²) >= 11 is 6.25. The van der Waals surface area contributed by atoms with Crippen LogP contribution in [-0.4, -0.2) is 80.4 Å². The molecule has 8 nitrogen and oxygen atoms in total. The molecule has 2 heterocycles. The van der Waals surface area contributed by atoms with Gasteiger partial charge in [-0.1, -0.05) is 24.4 Å². The van der Waals surface area contributed by atoms with Crippen molar-refractivity contribution in [3.8, 4) is 0 Å². The second-order valence-electron chi connectivity index (χ2n) is 7.44. The van der Waals surface area contributed by atoms with E-state index in [0.717, 1.165) is 25.7 Å². The first kappa shape index (κ1) is 22.8. The number of hydrogen-bond acceptors (Lipinski definition) is 5. The molecule has 0 aliphatic carbocycles. The van der Waals surface area contributed by atoms with Gasteiger partial charge in [-0.25, -0.2) is 13.2 Å². The number of rotatable bonds is 4. The molecule has 0 radical (unpaired) electrons. The lowest BCUT2D eigenvalue weighted by atomic mass is 10.2. The van der Waals surface area contributed by atoms with Gasteiger partial charge in [-0.15, -0.1) is 0 Å². The smallest absolute Gasteiger partial charge is 0.409 e. The van der Waals surface area contributed by atoms with Crippen LogP contribution in [0.25, 0.3) is 0 Å². The van der Waals surface area contributed by atoms with Gasteiger partial charge in [-0.05, 0) is 38.0 Å². The zero-order valence-electron chi connectivity index (χ0n) is 17.2. The molecule has 1 aromatic rings. The third kappa shape index (κ3) is 5.07. The van der Waals surface area contributed by atoms with Gasteiger partial charge in [0.15, 0.2) is 0 Å². The van der Waals surface area contributed by atoms with Gasteiger partial charge in [0, 0.05) is 39.3 Å². The lowest BCUT2D eigenvalue weighted by Crippen LogP contribution is -2.50. The van der Waals surface area contributed by atoms with Crippen LogP contribution in [0.3, 0.4) is 0 Å². The average molecular weight is 458 g/mol. The first-order valence-corrected chi connectivity index (χ1v) is 12.2. The second-order valence-corrected chi connectivity index (χ2v) is 9.78. The van der Waals surface area contributed by atoms with E-state index in [4.69, 9.17) is 16.3 Å². The standard InChI is InChI=1S/C20H28ClN3O5S/c1-2-29-20(26)23-13-11-22(12-14-23)19(25)17-15-16(7-8-18(17)21)30(27,28)24-9-5-3-4-6-10-24/h7-8,15H,2-6,9-14H2,1H3. The highest BCUT2D eigenvalue weighted by Gasteiger charge is 2.29. The predicted octanol–water partition coefficient (Wildman–Crippen LogP) is 2.82. The van der Waals surface area contributed by atoms with Crippen molar-refractivity contribution >= 4 is 33.6 Å². The molecule has 0 unspecified atom stereocenters. The molecule has 0 spiro atoms. The van der Waals surface area contributed by atoms with Crippen LogP contribution < -0.4 is 0 Å². The molecule has 2 fully saturated rings. The number of sulfonamides is 1. The minimum atomic E-state index is -3.68. The molecule has 1 aromatic carbocycles.